The zero-order chi connectivity index (χ0) is 28.0. The first kappa shape index (κ1) is 28.9. The van der Waals surface area contributed by atoms with Gasteiger partial charge in [-0.1, -0.05) is 42.5 Å². The van der Waals surface area contributed by atoms with Crippen molar-refractivity contribution < 1.29 is 29.3 Å². The number of allylic oxidation sites excluding steroid dienone is 1. The number of benzene rings is 2. The number of nitrogens with one attached hydrogen (secondary N) is 1. The average Bonchev–Trinajstić information content (AvgIpc) is 2.96. The van der Waals surface area contributed by atoms with E-state index in [4.69, 9.17) is 29.5 Å². The maximum atomic E-state index is 13.8. The molecule has 0 bridgehead atoms. The van der Waals surface area contributed by atoms with Gasteiger partial charge >= 0.3 is 6.16 Å². The number of methoxy groups -OCH3 is 1. The summed E-state index contributed by atoms with van der Waals surface area (Å²) in [5, 5.41) is 17.3. The minimum atomic E-state index is -1.83. The number of amides is 1. The normalized spacial score (nSPS) is 12.8. The molecule has 206 valence electrons. The van der Waals surface area contributed by atoms with Gasteiger partial charge in [0.2, 0.25) is 5.95 Å². The standard InChI is InChI=1S/C27H31N5O3.CH2O3/c1-3-4-14-32(20-21-8-6-5-7-9-21)26(33)24-19-28-27(31-15-17-35-18-16-31)30-25(24)29-22-10-12-23(34-2)13-11-22;2-1(3)4/h3-13,19H,14-18,20H2,1-2H3,(H,28,29,30);(H2,2,3,4)/b4-3+;. The molecule has 0 radical (unpaired) electrons. The number of nitrogens with zero attached hydrogens (tertiary/aromatic N) is 4. The minimum absolute atomic E-state index is 0.142. The highest BCUT2D eigenvalue weighted by Gasteiger charge is 2.23. The number of anilines is 3. The van der Waals surface area contributed by atoms with Crippen LogP contribution in [0, 0.1) is 0 Å². The summed E-state index contributed by atoms with van der Waals surface area (Å²) in [5.41, 5.74) is 2.27. The lowest BCUT2D eigenvalue weighted by Gasteiger charge is -2.28. The first-order chi connectivity index (χ1) is 18.9. The van der Waals surface area contributed by atoms with Gasteiger partial charge in [0.1, 0.15) is 17.1 Å². The number of hydrogen-bond donors (Lipinski definition) is 3. The van der Waals surface area contributed by atoms with E-state index in [2.05, 4.69) is 15.2 Å². The van der Waals surface area contributed by atoms with Crippen LogP contribution in [0.5, 0.6) is 5.75 Å². The quantitative estimate of drug-likeness (QED) is 0.336. The van der Waals surface area contributed by atoms with Crippen LogP contribution in [0.15, 0.2) is 72.9 Å². The molecule has 1 fully saturated rings. The van der Waals surface area contributed by atoms with Crippen LogP contribution < -0.4 is 15.0 Å². The van der Waals surface area contributed by atoms with Crippen molar-refractivity contribution in [1.29, 1.82) is 0 Å². The Morgan fingerprint density at radius 1 is 1.10 bits per heavy atom. The minimum Gasteiger partial charge on any atom is -0.497 e. The van der Waals surface area contributed by atoms with Crippen molar-refractivity contribution >= 4 is 29.5 Å². The molecule has 39 heavy (non-hydrogen) atoms. The lowest BCUT2D eigenvalue weighted by Crippen LogP contribution is -2.37. The Kier molecular flexibility index (Phi) is 11.1. The SMILES string of the molecule is C/C=C/CN(Cc1ccccc1)C(=O)c1cnc(N2CCOCC2)nc1Nc1ccc(OC)cc1.O=C(O)O. The summed E-state index contributed by atoms with van der Waals surface area (Å²) >= 11 is 0. The van der Waals surface area contributed by atoms with Crippen LogP contribution in [-0.4, -0.2) is 77.1 Å². The average molecular weight is 536 g/mol. The van der Waals surface area contributed by atoms with E-state index in [-0.39, 0.29) is 5.91 Å². The molecular weight excluding hydrogens is 502 g/mol. The van der Waals surface area contributed by atoms with Gasteiger partial charge in [-0.2, -0.15) is 4.98 Å². The maximum Gasteiger partial charge on any atom is 0.503 e. The summed E-state index contributed by atoms with van der Waals surface area (Å²) in [7, 11) is 1.63. The molecule has 3 aromatic rings. The first-order valence-corrected chi connectivity index (χ1v) is 12.4. The van der Waals surface area contributed by atoms with E-state index in [0.29, 0.717) is 56.7 Å². The van der Waals surface area contributed by atoms with Crippen molar-refractivity contribution in [2.24, 2.45) is 0 Å². The molecule has 0 aliphatic carbocycles. The fourth-order valence-electron chi connectivity index (χ4n) is 3.78. The van der Waals surface area contributed by atoms with Gasteiger partial charge < -0.3 is 34.8 Å². The van der Waals surface area contributed by atoms with Crippen LogP contribution in [0.2, 0.25) is 0 Å². The molecule has 11 heteroatoms. The summed E-state index contributed by atoms with van der Waals surface area (Å²) in [6.07, 6.45) is 3.71. The fraction of sp³-hybridized carbons (Fsp3) is 0.286. The van der Waals surface area contributed by atoms with Gasteiger partial charge in [-0.25, -0.2) is 9.78 Å². The third-order valence-electron chi connectivity index (χ3n) is 5.72. The molecule has 3 N–H and O–H groups in total. The third kappa shape index (κ3) is 9.00. The van der Waals surface area contributed by atoms with Gasteiger partial charge in [-0.15, -0.1) is 0 Å². The summed E-state index contributed by atoms with van der Waals surface area (Å²) in [6.45, 7) is 5.57. The number of rotatable bonds is 9. The lowest BCUT2D eigenvalue weighted by atomic mass is 10.2. The van der Waals surface area contributed by atoms with Gasteiger partial charge in [-0.3, -0.25) is 4.79 Å². The van der Waals surface area contributed by atoms with Gasteiger partial charge in [-0.05, 0) is 36.8 Å². The van der Waals surface area contributed by atoms with Crippen LogP contribution in [0.3, 0.4) is 0 Å². The van der Waals surface area contributed by atoms with Gasteiger partial charge in [0.25, 0.3) is 5.91 Å². The van der Waals surface area contributed by atoms with E-state index in [9.17, 15) is 4.79 Å². The van der Waals surface area contributed by atoms with E-state index in [1.54, 1.807) is 18.2 Å². The second kappa shape index (κ2) is 14.9. The highest BCUT2D eigenvalue weighted by molar-refractivity contribution is 5.99. The molecule has 11 nitrogen and oxygen atoms in total. The molecule has 1 aliphatic rings. The zero-order valence-corrected chi connectivity index (χ0v) is 22.0. The lowest BCUT2D eigenvalue weighted by molar-refractivity contribution is 0.0762. The number of ether oxygens (including phenoxy) is 2. The van der Waals surface area contributed by atoms with Crippen molar-refractivity contribution in [3.63, 3.8) is 0 Å². The smallest absolute Gasteiger partial charge is 0.497 e. The fourth-order valence-corrected chi connectivity index (χ4v) is 3.78. The molecule has 1 aromatic heterocycles. The van der Waals surface area contributed by atoms with Crippen LogP contribution in [0.4, 0.5) is 22.2 Å². The van der Waals surface area contributed by atoms with Gasteiger partial charge in [0.15, 0.2) is 0 Å². The number of carbonyl (C=O) groups is 2. The number of aromatic nitrogens is 2. The predicted octanol–water partition coefficient (Wildman–Crippen LogP) is 4.51. The Labute approximate surface area is 227 Å². The van der Waals surface area contributed by atoms with E-state index in [0.717, 1.165) is 17.0 Å². The molecule has 0 spiro atoms. The molecule has 0 atom stereocenters. The van der Waals surface area contributed by atoms with E-state index >= 15 is 0 Å². The van der Waals surface area contributed by atoms with Crippen molar-refractivity contribution in [3.05, 3.63) is 84.1 Å². The van der Waals surface area contributed by atoms with Crippen LogP contribution in [0.1, 0.15) is 22.8 Å². The Bertz CT molecular complexity index is 1230. The Balaban J connectivity index is 0.000000983. The van der Waals surface area contributed by atoms with Crippen LogP contribution in [0.25, 0.3) is 0 Å². The van der Waals surface area contributed by atoms with Gasteiger partial charge in [0, 0.05) is 38.1 Å². The summed E-state index contributed by atoms with van der Waals surface area (Å²) in [5.74, 6) is 1.65. The van der Waals surface area contributed by atoms with Crippen molar-refractivity contribution in [2.75, 3.05) is 50.2 Å². The number of morpholine rings is 1. The summed E-state index contributed by atoms with van der Waals surface area (Å²) in [4.78, 5) is 35.5. The summed E-state index contributed by atoms with van der Waals surface area (Å²) < 4.78 is 10.7. The molecule has 2 heterocycles. The van der Waals surface area contributed by atoms with E-state index in [1.807, 2.05) is 73.7 Å². The topological polar surface area (TPSA) is 137 Å². The Morgan fingerprint density at radius 2 is 1.77 bits per heavy atom. The largest absolute Gasteiger partial charge is 0.503 e. The van der Waals surface area contributed by atoms with Gasteiger partial charge in [0.05, 0.1) is 20.3 Å². The predicted molar refractivity (Wildman–Crippen MR) is 148 cm³/mol. The van der Waals surface area contributed by atoms with Crippen molar-refractivity contribution in [2.45, 2.75) is 13.5 Å². The second-order valence-electron chi connectivity index (χ2n) is 8.41. The molecule has 0 saturated carbocycles. The maximum absolute atomic E-state index is 13.8. The molecule has 1 saturated heterocycles. The number of carbonyl (C=O) groups excluding carboxylic acids is 1. The van der Waals surface area contributed by atoms with Crippen LogP contribution in [-0.2, 0) is 11.3 Å². The molecule has 4 rings (SSSR count). The van der Waals surface area contributed by atoms with E-state index in [1.165, 1.54) is 0 Å². The van der Waals surface area contributed by atoms with E-state index < -0.39 is 6.16 Å². The van der Waals surface area contributed by atoms with Crippen molar-refractivity contribution in [1.82, 2.24) is 14.9 Å². The first-order valence-electron chi connectivity index (χ1n) is 12.4. The molecule has 0 unspecified atom stereocenters. The Morgan fingerprint density at radius 3 is 2.38 bits per heavy atom. The highest BCUT2D eigenvalue weighted by atomic mass is 16.6. The summed E-state index contributed by atoms with van der Waals surface area (Å²) in [6, 6.07) is 17.5. The zero-order valence-electron chi connectivity index (χ0n) is 22.0. The highest BCUT2D eigenvalue weighted by Crippen LogP contribution is 2.25. The molecule has 1 aliphatic heterocycles. The molecular formula is C28H33N5O6. The van der Waals surface area contributed by atoms with Crippen molar-refractivity contribution in [3.8, 4) is 5.75 Å². The number of hydrogen-bond acceptors (Lipinski definition) is 8. The molecule has 1 amide bonds. The monoisotopic (exact) mass is 535 g/mol. The third-order valence-corrected chi connectivity index (χ3v) is 5.72. The second-order valence-corrected chi connectivity index (χ2v) is 8.41. The molecule has 2 aromatic carbocycles. The van der Waals surface area contributed by atoms with Crippen LogP contribution >= 0.6 is 0 Å². The Hall–Kier alpha value is -4.64. The number of carboxylic acid groups (broad SMARTS) is 2.